The number of pyridine rings is 1. The third-order valence-electron chi connectivity index (χ3n) is 6.19. The maximum Gasteiger partial charge on any atom is 0.238 e. The second-order valence-corrected chi connectivity index (χ2v) is 10.1. The summed E-state index contributed by atoms with van der Waals surface area (Å²) in [6.45, 7) is 10.6. The van der Waals surface area contributed by atoms with Crippen molar-refractivity contribution in [2.45, 2.75) is 40.0 Å². The Morgan fingerprint density at radius 3 is 2.21 bits per heavy atom. The molecule has 1 N–H and O–H groups in total. The normalized spacial score (nSPS) is 12.4. The van der Waals surface area contributed by atoms with Gasteiger partial charge in [-0.15, -0.1) is 0 Å². The lowest BCUT2D eigenvalue weighted by Crippen LogP contribution is -2.40. The second-order valence-electron chi connectivity index (χ2n) is 9.70. The van der Waals surface area contributed by atoms with Crippen LogP contribution in [0.5, 0.6) is 0 Å². The van der Waals surface area contributed by atoms with E-state index in [0.29, 0.717) is 16.2 Å². The van der Waals surface area contributed by atoms with Gasteiger partial charge in [-0.05, 0) is 58.7 Å². The lowest BCUT2D eigenvalue weighted by molar-refractivity contribution is -0.577. The number of fused-ring (bicyclic) bond motifs is 1. The number of aryl methyl sites for hydroxylation is 2. The Bertz CT molecular complexity index is 1390. The number of nitrogens with zero attached hydrogens (tertiary/aromatic N) is 1. The summed E-state index contributed by atoms with van der Waals surface area (Å²) in [4.78, 5) is 0.382. The lowest BCUT2D eigenvalue weighted by Gasteiger charge is -2.20. The first-order valence-electron chi connectivity index (χ1n) is 11.5. The fourth-order valence-electron chi connectivity index (χ4n) is 3.95. The van der Waals surface area contributed by atoms with Crippen LogP contribution in [0.3, 0.4) is 0 Å². The van der Waals surface area contributed by atoms with Gasteiger partial charge in [-0.25, -0.2) is 0 Å². The number of rotatable bonds is 4. The van der Waals surface area contributed by atoms with E-state index in [1.54, 1.807) is 0 Å². The lowest BCUT2D eigenvalue weighted by atomic mass is 9.88. The van der Waals surface area contributed by atoms with E-state index in [-0.39, 0.29) is 11.2 Å². The van der Waals surface area contributed by atoms with Crippen molar-refractivity contribution >= 4 is 45.1 Å². The van der Waals surface area contributed by atoms with Crippen LogP contribution in [-0.2, 0) is 5.41 Å². The third kappa shape index (κ3) is 4.87. The van der Waals surface area contributed by atoms with E-state index in [1.165, 1.54) is 5.56 Å². The van der Waals surface area contributed by atoms with Gasteiger partial charge in [0.25, 0.3) is 0 Å². The zero-order valence-electron chi connectivity index (χ0n) is 20.3. The minimum atomic E-state index is -0.116. The van der Waals surface area contributed by atoms with E-state index in [4.69, 9.17) is 12.2 Å². The molecule has 1 aromatic heterocycles. The number of hydrogen-bond donors (Lipinski definition) is 1. The zero-order valence-corrected chi connectivity index (χ0v) is 21.2. The molecular weight excluding hydrogens is 436 g/mol. The summed E-state index contributed by atoms with van der Waals surface area (Å²) in [5, 5.41) is 19.3. The van der Waals surface area contributed by atoms with Gasteiger partial charge in [-0.3, -0.25) is 0 Å². The Kier molecular flexibility index (Phi) is 6.54. The van der Waals surface area contributed by atoms with Crippen LogP contribution in [0.4, 0.5) is 5.69 Å². The molecule has 172 valence electrons. The molecule has 4 aromatic rings. The van der Waals surface area contributed by atoms with Crippen LogP contribution in [0.25, 0.3) is 22.2 Å². The monoisotopic (exact) mass is 466 g/mol. The van der Waals surface area contributed by atoms with E-state index in [9.17, 15) is 5.11 Å². The molecule has 0 spiro atoms. The number of aromatic nitrogens is 1. The van der Waals surface area contributed by atoms with Crippen LogP contribution in [0.2, 0.25) is 0 Å². The predicted molar refractivity (Wildman–Crippen MR) is 145 cm³/mol. The maximum absolute atomic E-state index is 13.8. The molecule has 4 rings (SSSR count). The first-order valence-corrected chi connectivity index (χ1v) is 11.9. The van der Waals surface area contributed by atoms with E-state index in [2.05, 4.69) is 44.3 Å². The van der Waals surface area contributed by atoms with Crippen LogP contribution < -0.4 is 15.0 Å². The van der Waals surface area contributed by atoms with Gasteiger partial charge in [0.2, 0.25) is 5.70 Å². The van der Waals surface area contributed by atoms with Crippen LogP contribution in [-0.4, -0.2) is 4.99 Å². The molecule has 0 amide bonds. The molecule has 34 heavy (non-hydrogen) atoms. The van der Waals surface area contributed by atoms with Gasteiger partial charge < -0.3 is 10.4 Å². The molecule has 0 radical (unpaired) electrons. The van der Waals surface area contributed by atoms with E-state index in [1.807, 2.05) is 85.4 Å². The van der Waals surface area contributed by atoms with Crippen molar-refractivity contribution < 1.29 is 9.67 Å². The third-order valence-corrected chi connectivity index (χ3v) is 6.49. The first-order chi connectivity index (χ1) is 16.1. The van der Waals surface area contributed by atoms with Crippen molar-refractivity contribution in [2.24, 2.45) is 0 Å². The predicted octanol–water partition coefficient (Wildman–Crippen LogP) is 6.17. The van der Waals surface area contributed by atoms with Gasteiger partial charge in [0.15, 0.2) is 17.4 Å². The van der Waals surface area contributed by atoms with Crippen molar-refractivity contribution in [1.29, 1.82) is 0 Å². The smallest absolute Gasteiger partial charge is 0.238 e. The highest BCUT2D eigenvalue weighted by Gasteiger charge is 2.22. The standard InChI is InChI=1S/C30H30N2OS/c1-20-13-14-23(19-21(20)2)28(33)27(32-17-15-24(16-18-32)30(3,4)5)29(34)31-26-12-8-10-22-9-6-7-11-25(22)26/h6-19H,1-5H3,(H-,31,33,34). The molecule has 0 fully saturated rings. The van der Waals surface area contributed by atoms with Gasteiger partial charge in [-0.1, -0.05) is 87.6 Å². The van der Waals surface area contributed by atoms with Crippen LogP contribution in [0, 0.1) is 13.8 Å². The van der Waals surface area contributed by atoms with Crippen molar-refractivity contribution in [1.82, 2.24) is 0 Å². The number of benzene rings is 3. The molecule has 3 nitrogen and oxygen atoms in total. The number of thiocarbonyl (C=S) groups is 1. The van der Waals surface area contributed by atoms with Crippen LogP contribution in [0.15, 0.2) is 85.2 Å². The quantitative estimate of drug-likeness (QED) is 0.169. The minimum absolute atomic E-state index is 0.0129. The summed E-state index contributed by atoms with van der Waals surface area (Å²) < 4.78 is 1.83. The molecule has 0 unspecified atom stereocenters. The molecule has 0 saturated carbocycles. The topological polar surface area (TPSA) is 39.0 Å². The average Bonchev–Trinajstić information content (AvgIpc) is 2.81. The highest BCUT2D eigenvalue weighted by molar-refractivity contribution is 7.81. The number of hydrogen-bond acceptors (Lipinski definition) is 2. The van der Waals surface area contributed by atoms with Gasteiger partial charge in [0.1, 0.15) is 0 Å². The Morgan fingerprint density at radius 2 is 1.53 bits per heavy atom. The van der Waals surface area contributed by atoms with Gasteiger partial charge in [0.05, 0.1) is 0 Å². The molecule has 0 atom stereocenters. The summed E-state index contributed by atoms with van der Waals surface area (Å²) in [7, 11) is 0. The highest BCUT2D eigenvalue weighted by atomic mass is 32.1. The fraction of sp³-hybridized carbons (Fsp3) is 0.200. The van der Waals surface area contributed by atoms with Crippen molar-refractivity contribution in [3.05, 3.63) is 107 Å². The molecule has 0 aliphatic carbocycles. The van der Waals surface area contributed by atoms with Crippen molar-refractivity contribution in [3.63, 3.8) is 0 Å². The van der Waals surface area contributed by atoms with E-state index >= 15 is 0 Å². The Balaban J connectivity index is 1.83. The first kappa shape index (κ1) is 23.7. The summed E-state index contributed by atoms with van der Waals surface area (Å²) in [5.41, 5.74) is 5.34. The molecule has 4 heteroatoms. The molecule has 3 aromatic carbocycles. The largest absolute Gasteiger partial charge is 0.867 e. The highest BCUT2D eigenvalue weighted by Crippen LogP contribution is 2.26. The summed E-state index contributed by atoms with van der Waals surface area (Å²) >= 11 is 5.85. The molecule has 0 aliphatic heterocycles. The van der Waals surface area contributed by atoms with E-state index in [0.717, 1.165) is 27.6 Å². The summed E-state index contributed by atoms with van der Waals surface area (Å²) in [6, 6.07) is 24.1. The SMILES string of the molecule is Cc1ccc(C([O-])=C(C(=S)Nc2cccc3ccccc23)[n+]2ccc(C(C)(C)C)cc2)cc1C. The molecular formula is C30H30N2OS. The number of anilines is 1. The molecule has 0 aliphatic rings. The Morgan fingerprint density at radius 1 is 0.853 bits per heavy atom. The minimum Gasteiger partial charge on any atom is -0.867 e. The second kappa shape index (κ2) is 9.40. The molecule has 0 bridgehead atoms. The molecule has 0 saturated heterocycles. The molecule has 1 heterocycles. The van der Waals surface area contributed by atoms with Crippen molar-refractivity contribution in [3.8, 4) is 0 Å². The van der Waals surface area contributed by atoms with Gasteiger partial charge in [-0.2, -0.15) is 4.57 Å². The Hall–Kier alpha value is -3.50. The number of nitrogens with one attached hydrogen (secondary N) is 1. The van der Waals surface area contributed by atoms with Gasteiger partial charge in [0, 0.05) is 23.2 Å². The van der Waals surface area contributed by atoms with Crippen LogP contribution in [0.1, 0.15) is 43.0 Å². The van der Waals surface area contributed by atoms with Gasteiger partial charge >= 0.3 is 0 Å². The summed E-state index contributed by atoms with van der Waals surface area (Å²) in [6.07, 6.45) is 3.85. The average molecular weight is 467 g/mol. The summed E-state index contributed by atoms with van der Waals surface area (Å²) in [5.74, 6) is -0.116. The van der Waals surface area contributed by atoms with Crippen LogP contribution >= 0.6 is 12.2 Å². The van der Waals surface area contributed by atoms with E-state index < -0.39 is 0 Å². The zero-order chi connectivity index (χ0) is 24.5. The maximum atomic E-state index is 13.8. The Labute approximate surface area is 207 Å². The van der Waals surface area contributed by atoms with Crippen molar-refractivity contribution in [2.75, 3.05) is 5.32 Å². The fourth-order valence-corrected chi connectivity index (χ4v) is 4.26.